The molecule has 3 fully saturated rings. The maximum Gasteiger partial charge on any atom is 0.338 e. The average molecular weight is 809 g/mol. The summed E-state index contributed by atoms with van der Waals surface area (Å²) in [5.74, 6) is -6.28. The number of benzene rings is 3. The minimum atomic E-state index is -2.24. The lowest BCUT2D eigenvalue weighted by Gasteiger charge is -2.67. The second-order valence-corrected chi connectivity index (χ2v) is 16.7. The fourth-order valence-electron chi connectivity index (χ4n) is 10.0. The molecule has 4 aliphatic rings. The van der Waals surface area contributed by atoms with Crippen molar-refractivity contribution in [2.24, 2.45) is 16.7 Å². The van der Waals surface area contributed by atoms with Crippen molar-refractivity contribution in [3.05, 3.63) is 101 Å². The predicted octanol–water partition coefficient (Wildman–Crippen LogP) is 5.64. The Morgan fingerprint density at radius 2 is 1.47 bits per heavy atom. The van der Waals surface area contributed by atoms with E-state index in [9.17, 15) is 29.1 Å². The van der Waals surface area contributed by atoms with Crippen LogP contribution in [0.4, 0.5) is 0 Å². The molecular weight excluding hydrogens is 760 g/mol. The average Bonchev–Trinajstić information content (AvgIpc) is 3.17. The van der Waals surface area contributed by atoms with Gasteiger partial charge in [0.15, 0.2) is 17.5 Å². The highest BCUT2D eigenvalue weighted by molar-refractivity contribution is 5.96. The molecule has 9 atom stereocenters. The van der Waals surface area contributed by atoms with Gasteiger partial charge in [-0.15, -0.1) is 0 Å². The molecule has 0 radical (unpaired) electrons. The molecule has 2 saturated carbocycles. The van der Waals surface area contributed by atoms with Crippen molar-refractivity contribution in [3.63, 3.8) is 0 Å². The zero-order valence-electron chi connectivity index (χ0n) is 34.0. The highest BCUT2D eigenvalue weighted by atomic mass is 16.6. The van der Waals surface area contributed by atoms with Crippen LogP contribution in [0.1, 0.15) is 77.2 Å². The summed E-state index contributed by atoms with van der Waals surface area (Å²) in [5, 5.41) is 15.5. The van der Waals surface area contributed by atoms with E-state index < -0.39 is 94.1 Å². The Bertz CT molecular complexity index is 2290. The third-order valence-electron chi connectivity index (χ3n) is 12.9. The number of fused-ring (bicyclic) bond motifs is 6. The lowest BCUT2D eigenvalue weighted by molar-refractivity contribution is -0.346. The van der Waals surface area contributed by atoms with E-state index in [0.29, 0.717) is 11.1 Å². The number of aliphatic hydroxyl groups is 1. The third-order valence-corrected chi connectivity index (χ3v) is 12.9. The lowest BCUT2D eigenvalue weighted by Crippen LogP contribution is -2.82. The van der Waals surface area contributed by atoms with E-state index in [1.54, 1.807) is 45.0 Å². The van der Waals surface area contributed by atoms with Gasteiger partial charge in [0.25, 0.3) is 0 Å². The maximum absolute atomic E-state index is 15.8. The van der Waals surface area contributed by atoms with Gasteiger partial charge in [0.05, 0.1) is 23.5 Å². The first-order chi connectivity index (χ1) is 27.8. The summed E-state index contributed by atoms with van der Waals surface area (Å²) >= 11 is 0. The Labute approximate surface area is 341 Å². The van der Waals surface area contributed by atoms with Crippen LogP contribution in [0.3, 0.4) is 0 Å². The first-order valence-electron chi connectivity index (χ1n) is 19.6. The number of esters is 5. The van der Waals surface area contributed by atoms with Crippen LogP contribution in [0.2, 0.25) is 0 Å². The molecule has 0 amide bonds. The molecule has 59 heavy (non-hydrogen) atoms. The van der Waals surface area contributed by atoms with Gasteiger partial charge in [-0.2, -0.15) is 0 Å². The molecule has 310 valence electrons. The van der Waals surface area contributed by atoms with Gasteiger partial charge in [-0.05, 0) is 65.6 Å². The van der Waals surface area contributed by atoms with Crippen molar-refractivity contribution in [1.29, 1.82) is 0 Å². The number of hydrogen-bond donors (Lipinski definition) is 1. The first kappa shape index (κ1) is 41.5. The maximum atomic E-state index is 15.8. The number of Topliss-reactive ketones (excluding diaryl/α,β-unsaturated/α-hetero) is 1. The zero-order chi connectivity index (χ0) is 42.7. The number of ether oxygens (including phenoxy) is 6. The molecule has 2 bridgehead atoms. The molecular formula is C46H48O13. The lowest BCUT2D eigenvalue weighted by atomic mass is 9.44. The Balaban J connectivity index is 1.44. The van der Waals surface area contributed by atoms with E-state index in [4.69, 9.17) is 28.4 Å². The van der Waals surface area contributed by atoms with Crippen LogP contribution in [0, 0.1) is 16.7 Å². The van der Waals surface area contributed by atoms with Crippen LogP contribution in [0.5, 0.6) is 0 Å². The van der Waals surface area contributed by atoms with Crippen molar-refractivity contribution in [3.8, 4) is 0 Å². The smallest absolute Gasteiger partial charge is 0.338 e. The number of carbonyl (C=O) groups excluding carboxylic acids is 6. The molecule has 1 N–H and O–H groups in total. The van der Waals surface area contributed by atoms with Gasteiger partial charge in [0, 0.05) is 45.1 Å². The molecule has 0 spiro atoms. The van der Waals surface area contributed by atoms with Crippen molar-refractivity contribution >= 4 is 52.5 Å². The minimum Gasteiger partial charge on any atom is -0.458 e. The molecule has 7 rings (SSSR count). The highest BCUT2D eigenvalue weighted by Crippen LogP contribution is 2.65. The number of hydrogen-bond acceptors (Lipinski definition) is 13. The fourth-order valence-corrected chi connectivity index (χ4v) is 10.0. The van der Waals surface area contributed by atoms with Crippen LogP contribution >= 0.6 is 0 Å². The van der Waals surface area contributed by atoms with Crippen LogP contribution in [0.25, 0.3) is 16.8 Å². The number of carbonyl (C=O) groups is 6. The van der Waals surface area contributed by atoms with Gasteiger partial charge in [-0.25, -0.2) is 9.59 Å². The van der Waals surface area contributed by atoms with Crippen LogP contribution in [-0.2, 0) is 52.4 Å². The molecule has 3 aliphatic carbocycles. The molecule has 3 aromatic rings. The Morgan fingerprint density at radius 1 is 0.814 bits per heavy atom. The summed E-state index contributed by atoms with van der Waals surface area (Å²) < 4.78 is 36.6. The summed E-state index contributed by atoms with van der Waals surface area (Å²) in [6.45, 7) is 9.57. The molecule has 13 heteroatoms. The third kappa shape index (κ3) is 6.93. The predicted molar refractivity (Wildman–Crippen MR) is 211 cm³/mol. The Kier molecular flexibility index (Phi) is 10.7. The quantitative estimate of drug-likeness (QED) is 0.128. The van der Waals surface area contributed by atoms with Crippen molar-refractivity contribution < 1.29 is 62.3 Å². The standard InChI is InChI=1S/C46H48O13/c1-25-33(55-26(2)47)23-46(53)41(58-42(52)31-14-9-8-10-15-31)39-44(7,40(51)38(56-27(3)48)37(25)43(46,5)6)34(22-35-45(39,24-54-35)59-28(4)49)57-36(50)20-18-29-17-19-30-13-11-12-16-32(30)21-29/h8-21,33-35,38-39,41,53H,22-24H2,1-7H3/b20-18+/t33-,34-,35+,38+,39-,41-,44+,45-,46+/m0/s1. The number of ketones is 1. The molecule has 0 unspecified atom stereocenters. The van der Waals surface area contributed by atoms with E-state index in [-0.39, 0.29) is 30.6 Å². The van der Waals surface area contributed by atoms with E-state index in [0.717, 1.165) is 17.7 Å². The van der Waals surface area contributed by atoms with Gasteiger partial charge in [-0.3, -0.25) is 19.2 Å². The van der Waals surface area contributed by atoms with Gasteiger partial charge < -0.3 is 33.5 Å². The van der Waals surface area contributed by atoms with E-state index in [1.807, 2.05) is 42.5 Å². The van der Waals surface area contributed by atoms with Crippen LogP contribution in [-0.4, -0.2) is 89.1 Å². The summed E-state index contributed by atoms with van der Waals surface area (Å²) in [4.78, 5) is 82.7. The topological polar surface area (TPSA) is 178 Å². The Hall–Kier alpha value is -5.66. The van der Waals surface area contributed by atoms with E-state index in [2.05, 4.69) is 0 Å². The molecule has 0 aromatic heterocycles. The molecule has 13 nitrogen and oxygen atoms in total. The normalized spacial score (nSPS) is 32.0. The largest absolute Gasteiger partial charge is 0.458 e. The molecule has 1 saturated heterocycles. The summed E-state index contributed by atoms with van der Waals surface area (Å²) in [5.41, 5.74) is -6.28. The van der Waals surface area contributed by atoms with Crippen LogP contribution < -0.4 is 0 Å². The van der Waals surface area contributed by atoms with E-state index >= 15 is 4.79 Å². The first-order valence-corrected chi connectivity index (χ1v) is 19.6. The van der Waals surface area contributed by atoms with Crippen LogP contribution in [0.15, 0.2) is 90.0 Å². The van der Waals surface area contributed by atoms with Crippen molar-refractivity contribution in [2.45, 2.75) is 103 Å². The number of rotatable bonds is 8. The summed E-state index contributed by atoms with van der Waals surface area (Å²) in [6, 6.07) is 21.4. The second-order valence-electron chi connectivity index (χ2n) is 16.7. The SMILES string of the molecule is CC(=O)O[C@H]1C(=O)[C@]2(C)[C@@H](OC(=O)/C=C/c3ccc4ccccc4c3)C[C@H]3OC[C@@]3(OC(C)=O)[C@H]2[C@H](OC(=O)c2ccccc2)[C@]2(O)C[C@H](OC(C)=O)C(C)=C1C2(C)C. The second kappa shape index (κ2) is 15.2. The monoisotopic (exact) mass is 808 g/mol. The summed E-state index contributed by atoms with van der Waals surface area (Å²) in [7, 11) is 0. The van der Waals surface area contributed by atoms with Gasteiger partial charge in [0.1, 0.15) is 30.0 Å². The minimum absolute atomic E-state index is 0.113. The zero-order valence-corrected chi connectivity index (χ0v) is 34.0. The fraction of sp³-hybridized carbons (Fsp3) is 0.435. The molecule has 1 heterocycles. The van der Waals surface area contributed by atoms with Crippen molar-refractivity contribution in [2.75, 3.05) is 6.61 Å². The molecule has 3 aromatic carbocycles. The van der Waals surface area contributed by atoms with Gasteiger partial charge in [-0.1, -0.05) is 68.4 Å². The summed E-state index contributed by atoms with van der Waals surface area (Å²) in [6.07, 6.45) is -4.75. The van der Waals surface area contributed by atoms with Gasteiger partial charge >= 0.3 is 29.8 Å². The highest BCUT2D eigenvalue weighted by Gasteiger charge is 2.79. The Morgan fingerprint density at radius 3 is 2.10 bits per heavy atom. The van der Waals surface area contributed by atoms with E-state index in [1.165, 1.54) is 39.0 Å². The molecule has 1 aliphatic heterocycles. The van der Waals surface area contributed by atoms with Crippen molar-refractivity contribution in [1.82, 2.24) is 0 Å². The van der Waals surface area contributed by atoms with Gasteiger partial charge in [0.2, 0.25) is 0 Å².